The minimum atomic E-state index is -1.59. The Morgan fingerprint density at radius 3 is 2.38 bits per heavy atom. The second kappa shape index (κ2) is 2.40. The van der Waals surface area contributed by atoms with E-state index < -0.39 is 17.7 Å². The number of aliphatic hydroxyl groups is 1. The van der Waals surface area contributed by atoms with E-state index in [1.807, 2.05) is 0 Å². The maximum atomic E-state index is 11.2. The van der Waals surface area contributed by atoms with E-state index in [-0.39, 0.29) is 16.9 Å². The van der Waals surface area contributed by atoms with Gasteiger partial charge in [-0.2, -0.15) is 0 Å². The second-order valence-corrected chi connectivity index (χ2v) is 2.86. The summed E-state index contributed by atoms with van der Waals surface area (Å²) in [6.07, 6.45) is -1.59. The highest BCUT2D eigenvalue weighted by Crippen LogP contribution is 2.25. The van der Waals surface area contributed by atoms with E-state index >= 15 is 0 Å². The van der Waals surface area contributed by atoms with Crippen LogP contribution >= 0.6 is 0 Å². The first kappa shape index (κ1) is 7.94. The lowest BCUT2D eigenvalue weighted by Crippen LogP contribution is -2.20. The van der Waals surface area contributed by atoms with Crippen molar-refractivity contribution in [3.63, 3.8) is 0 Å². The number of phenolic OH excluding ortho intramolecular Hbond substituents is 1. The van der Waals surface area contributed by atoms with Crippen LogP contribution in [0.4, 0.5) is 0 Å². The standard InChI is InChI=1S/C9H6O4/c10-4-1-2-5-6(3-4)8(12)9(13)7(5)11/h1-3,9-10,13H. The maximum absolute atomic E-state index is 11.2. The Kier molecular flexibility index (Phi) is 1.47. The van der Waals surface area contributed by atoms with Crippen LogP contribution in [0.3, 0.4) is 0 Å². The van der Waals surface area contributed by atoms with Gasteiger partial charge in [-0.15, -0.1) is 0 Å². The molecule has 0 aromatic heterocycles. The lowest BCUT2D eigenvalue weighted by atomic mass is 10.1. The summed E-state index contributed by atoms with van der Waals surface area (Å²) in [6, 6.07) is 3.83. The first-order chi connectivity index (χ1) is 6.11. The largest absolute Gasteiger partial charge is 0.508 e. The fourth-order valence-corrected chi connectivity index (χ4v) is 1.36. The Morgan fingerprint density at radius 1 is 1.08 bits per heavy atom. The number of carbonyl (C=O) groups is 2. The van der Waals surface area contributed by atoms with E-state index in [1.165, 1.54) is 18.2 Å². The number of Topliss-reactive ketones (excluding diaryl/α,β-unsaturated/α-hetero) is 2. The molecule has 0 radical (unpaired) electrons. The summed E-state index contributed by atoms with van der Waals surface area (Å²) in [4.78, 5) is 22.3. The van der Waals surface area contributed by atoms with Crippen molar-refractivity contribution in [2.75, 3.05) is 0 Å². The number of ketones is 2. The molecular formula is C9H6O4. The van der Waals surface area contributed by atoms with E-state index in [0.717, 1.165) is 0 Å². The predicted molar refractivity (Wildman–Crippen MR) is 42.8 cm³/mol. The molecule has 0 bridgehead atoms. The molecule has 1 atom stereocenters. The number of phenols is 1. The van der Waals surface area contributed by atoms with E-state index in [2.05, 4.69) is 0 Å². The third-order valence-electron chi connectivity index (χ3n) is 2.03. The highest BCUT2D eigenvalue weighted by Gasteiger charge is 2.36. The summed E-state index contributed by atoms with van der Waals surface area (Å²) in [6.45, 7) is 0. The minimum Gasteiger partial charge on any atom is -0.508 e. The smallest absolute Gasteiger partial charge is 0.200 e. The Hall–Kier alpha value is -1.68. The van der Waals surface area contributed by atoms with Gasteiger partial charge in [-0.1, -0.05) is 0 Å². The molecule has 0 saturated carbocycles. The molecule has 66 valence electrons. The number of rotatable bonds is 0. The van der Waals surface area contributed by atoms with Gasteiger partial charge in [0.15, 0.2) is 17.7 Å². The molecule has 1 aliphatic carbocycles. The highest BCUT2D eigenvalue weighted by atomic mass is 16.3. The quantitative estimate of drug-likeness (QED) is 0.554. The fourth-order valence-electron chi connectivity index (χ4n) is 1.36. The zero-order valence-corrected chi connectivity index (χ0v) is 6.52. The number of fused-ring (bicyclic) bond motifs is 1. The maximum Gasteiger partial charge on any atom is 0.200 e. The van der Waals surface area contributed by atoms with Crippen molar-refractivity contribution < 1.29 is 19.8 Å². The number of hydrogen-bond acceptors (Lipinski definition) is 4. The minimum absolute atomic E-state index is 0.0889. The molecule has 1 unspecified atom stereocenters. The van der Waals surface area contributed by atoms with Gasteiger partial charge in [0.1, 0.15) is 5.75 Å². The summed E-state index contributed by atoms with van der Waals surface area (Å²) in [5, 5.41) is 18.1. The van der Waals surface area contributed by atoms with Crippen LogP contribution in [0.5, 0.6) is 5.75 Å². The lowest BCUT2D eigenvalue weighted by molar-refractivity contribution is 0.0663. The third-order valence-corrected chi connectivity index (χ3v) is 2.03. The van der Waals surface area contributed by atoms with Crippen molar-refractivity contribution in [2.45, 2.75) is 6.10 Å². The van der Waals surface area contributed by atoms with Gasteiger partial charge in [-0.25, -0.2) is 0 Å². The second-order valence-electron chi connectivity index (χ2n) is 2.86. The van der Waals surface area contributed by atoms with Gasteiger partial charge in [-0.3, -0.25) is 9.59 Å². The lowest BCUT2D eigenvalue weighted by Gasteiger charge is -1.94. The van der Waals surface area contributed by atoms with Crippen molar-refractivity contribution in [3.8, 4) is 5.75 Å². The molecule has 1 aromatic rings. The van der Waals surface area contributed by atoms with Gasteiger partial charge in [0, 0.05) is 11.1 Å². The van der Waals surface area contributed by atoms with E-state index in [4.69, 9.17) is 10.2 Å². The molecular weight excluding hydrogens is 172 g/mol. The third kappa shape index (κ3) is 0.957. The molecule has 0 aliphatic heterocycles. The van der Waals surface area contributed by atoms with Crippen molar-refractivity contribution >= 4 is 11.6 Å². The predicted octanol–water partition coefficient (Wildman–Crippen LogP) is 0.132. The van der Waals surface area contributed by atoms with Crippen molar-refractivity contribution in [1.29, 1.82) is 0 Å². The van der Waals surface area contributed by atoms with Gasteiger partial charge in [-0.05, 0) is 18.2 Å². The fraction of sp³-hybridized carbons (Fsp3) is 0.111. The SMILES string of the molecule is O=C1c2ccc(O)cc2C(=O)C1O. The summed E-state index contributed by atoms with van der Waals surface area (Å²) in [5.41, 5.74) is 0.271. The van der Waals surface area contributed by atoms with E-state index in [1.54, 1.807) is 0 Å². The summed E-state index contributed by atoms with van der Waals surface area (Å²) >= 11 is 0. The first-order valence-corrected chi connectivity index (χ1v) is 3.71. The van der Waals surface area contributed by atoms with Gasteiger partial charge in [0.25, 0.3) is 0 Å². The number of aliphatic hydroxyl groups excluding tert-OH is 1. The van der Waals surface area contributed by atoms with Gasteiger partial charge in [0.2, 0.25) is 0 Å². The van der Waals surface area contributed by atoms with Crippen LogP contribution in [-0.4, -0.2) is 27.9 Å². The van der Waals surface area contributed by atoms with Crippen molar-refractivity contribution in [1.82, 2.24) is 0 Å². The molecule has 4 nitrogen and oxygen atoms in total. The number of aromatic hydroxyl groups is 1. The zero-order chi connectivity index (χ0) is 9.59. The van der Waals surface area contributed by atoms with E-state index in [0.29, 0.717) is 0 Å². The van der Waals surface area contributed by atoms with Crippen molar-refractivity contribution in [2.24, 2.45) is 0 Å². The molecule has 2 rings (SSSR count). The number of carbonyl (C=O) groups excluding carboxylic acids is 2. The molecule has 13 heavy (non-hydrogen) atoms. The molecule has 4 heteroatoms. The van der Waals surface area contributed by atoms with Crippen molar-refractivity contribution in [3.05, 3.63) is 29.3 Å². The number of benzene rings is 1. The van der Waals surface area contributed by atoms with Gasteiger partial charge >= 0.3 is 0 Å². The van der Waals surface area contributed by atoms with E-state index in [9.17, 15) is 9.59 Å². The van der Waals surface area contributed by atoms with Crippen LogP contribution in [0.1, 0.15) is 20.7 Å². The Balaban J connectivity index is 2.67. The Labute approximate surface area is 73.4 Å². The zero-order valence-electron chi connectivity index (χ0n) is 6.52. The summed E-state index contributed by atoms with van der Waals surface area (Å²) in [7, 11) is 0. The highest BCUT2D eigenvalue weighted by molar-refractivity contribution is 6.28. The molecule has 0 heterocycles. The molecule has 2 N–H and O–H groups in total. The van der Waals surface area contributed by atoms with Crippen LogP contribution < -0.4 is 0 Å². The summed E-state index contributed by atoms with van der Waals surface area (Å²) < 4.78 is 0. The molecule has 0 fully saturated rings. The molecule has 1 aromatic carbocycles. The van der Waals surface area contributed by atoms with Crippen LogP contribution in [0.2, 0.25) is 0 Å². The summed E-state index contributed by atoms with van der Waals surface area (Å²) in [5.74, 6) is -1.33. The molecule has 0 amide bonds. The number of hydrogen-bond donors (Lipinski definition) is 2. The van der Waals surface area contributed by atoms with Crippen LogP contribution in [0.15, 0.2) is 18.2 Å². The molecule has 0 saturated heterocycles. The average molecular weight is 178 g/mol. The van der Waals surface area contributed by atoms with Gasteiger partial charge in [0.05, 0.1) is 0 Å². The molecule has 0 spiro atoms. The van der Waals surface area contributed by atoms with Gasteiger partial charge < -0.3 is 10.2 Å². The van der Waals surface area contributed by atoms with Crippen LogP contribution in [-0.2, 0) is 0 Å². The average Bonchev–Trinajstić information content (AvgIpc) is 2.32. The van der Waals surface area contributed by atoms with Crippen LogP contribution in [0, 0.1) is 0 Å². The Bertz CT molecular complexity index is 408. The van der Waals surface area contributed by atoms with Crippen LogP contribution in [0.25, 0.3) is 0 Å². The Morgan fingerprint density at radius 2 is 1.69 bits per heavy atom. The topological polar surface area (TPSA) is 74.6 Å². The monoisotopic (exact) mass is 178 g/mol. The molecule has 1 aliphatic rings. The first-order valence-electron chi connectivity index (χ1n) is 3.71. The normalized spacial score (nSPS) is 20.5.